The molecule has 0 N–H and O–H groups in total. The van der Waals surface area contributed by atoms with Gasteiger partial charge in [0.1, 0.15) is 17.0 Å². The molecule has 0 saturated heterocycles. The van der Waals surface area contributed by atoms with Crippen molar-refractivity contribution in [3.05, 3.63) is 187 Å². The van der Waals surface area contributed by atoms with E-state index in [2.05, 4.69) is 211 Å². The number of rotatable bonds is 6. The molecule has 7 heteroatoms. The Hall–Kier alpha value is -6.62. The fourth-order valence-corrected chi connectivity index (χ4v) is 9.25. The molecule has 0 bridgehead atoms. The molecule has 67 heavy (non-hydrogen) atoms. The number of para-hydroxylation sites is 4. The standard InChI is InChI=1S/C60H53N4O2.Pt/c1-58(2,3)39-28-29-61-56(34-39)64-51-27-24-38(46-19-15-20-49-48-18-10-13-23-55(48)66-57(46)49)30-50(51)47-26-25-45(36-54(47)64)65-44-17-14-16-42(35-44)62-37-63(53-22-12-11-21-52(53)62)43-32-40(59(4,5)6)31-41(33-43)60(7,8)9;/h10-34,37H,1-9H3;/q-3;. The van der Waals surface area contributed by atoms with Gasteiger partial charge in [0, 0.05) is 77.7 Å². The zero-order valence-electron chi connectivity index (χ0n) is 39.4. The van der Waals surface area contributed by atoms with Crippen LogP contribution in [0.25, 0.3) is 60.7 Å². The largest absolute Gasteiger partial charge is 0.509 e. The van der Waals surface area contributed by atoms with Gasteiger partial charge in [-0.05, 0) is 92.4 Å². The first-order valence-electron chi connectivity index (χ1n) is 22.9. The number of ether oxygens (including phenoxy) is 1. The van der Waals surface area contributed by atoms with Crippen LogP contribution in [-0.2, 0) is 37.3 Å². The van der Waals surface area contributed by atoms with E-state index in [1.807, 2.05) is 36.5 Å². The number of nitrogens with zero attached hydrogens (tertiary/aromatic N) is 4. The summed E-state index contributed by atoms with van der Waals surface area (Å²) < 4.78 is 15.4. The molecule has 338 valence electrons. The molecule has 10 aromatic rings. The average molecular weight is 1060 g/mol. The molecule has 1 aliphatic heterocycles. The number of furan rings is 1. The summed E-state index contributed by atoms with van der Waals surface area (Å²) in [5, 5.41) is 4.36. The maximum Gasteiger partial charge on any atom is 0.143 e. The Morgan fingerprint density at radius 2 is 1.22 bits per heavy atom. The molecule has 4 heterocycles. The molecule has 0 aliphatic carbocycles. The molecule has 0 saturated carbocycles. The molecule has 7 aromatic carbocycles. The molecular weight excluding hydrogens is 1000 g/mol. The van der Waals surface area contributed by atoms with Crippen molar-refractivity contribution in [3.8, 4) is 28.4 Å². The van der Waals surface area contributed by atoms with E-state index in [0.717, 1.165) is 83.4 Å². The van der Waals surface area contributed by atoms with E-state index in [-0.39, 0.29) is 37.3 Å². The monoisotopic (exact) mass is 1060 g/mol. The van der Waals surface area contributed by atoms with E-state index < -0.39 is 0 Å². The zero-order chi connectivity index (χ0) is 45.7. The van der Waals surface area contributed by atoms with Crippen molar-refractivity contribution in [3.63, 3.8) is 0 Å². The van der Waals surface area contributed by atoms with Gasteiger partial charge in [0.05, 0.1) is 0 Å². The van der Waals surface area contributed by atoms with Gasteiger partial charge in [0.15, 0.2) is 0 Å². The molecule has 0 amide bonds. The quantitative estimate of drug-likeness (QED) is 0.155. The van der Waals surface area contributed by atoms with Crippen molar-refractivity contribution >= 4 is 66.5 Å². The average Bonchev–Trinajstić information content (AvgIpc) is 3.98. The third kappa shape index (κ3) is 7.89. The summed E-state index contributed by atoms with van der Waals surface area (Å²) >= 11 is 0. The van der Waals surface area contributed by atoms with Crippen LogP contribution in [0.15, 0.2) is 156 Å². The minimum atomic E-state index is -0.0656. The third-order valence-electron chi connectivity index (χ3n) is 13.0. The van der Waals surface area contributed by atoms with E-state index in [4.69, 9.17) is 14.1 Å². The van der Waals surface area contributed by atoms with Gasteiger partial charge in [0.25, 0.3) is 0 Å². The summed E-state index contributed by atoms with van der Waals surface area (Å²) in [5.74, 6) is 2.00. The smallest absolute Gasteiger partial charge is 0.143 e. The predicted molar refractivity (Wildman–Crippen MR) is 273 cm³/mol. The zero-order valence-corrected chi connectivity index (χ0v) is 41.7. The first-order chi connectivity index (χ1) is 31.6. The summed E-state index contributed by atoms with van der Waals surface area (Å²) in [4.78, 5) is 9.46. The van der Waals surface area contributed by atoms with Gasteiger partial charge in [-0.2, -0.15) is 12.1 Å². The molecule has 6 nitrogen and oxygen atoms in total. The fraction of sp³-hybridized carbons (Fsp3) is 0.200. The van der Waals surface area contributed by atoms with Gasteiger partial charge < -0.3 is 23.5 Å². The first-order valence-corrected chi connectivity index (χ1v) is 22.9. The fourth-order valence-electron chi connectivity index (χ4n) is 9.25. The molecule has 0 radical (unpaired) electrons. The Bertz CT molecular complexity index is 3490. The van der Waals surface area contributed by atoms with Crippen LogP contribution in [0.3, 0.4) is 0 Å². The number of aromatic nitrogens is 2. The maximum absolute atomic E-state index is 6.72. The van der Waals surface area contributed by atoms with Crippen LogP contribution in [0, 0.1) is 18.8 Å². The Kier molecular flexibility index (Phi) is 10.8. The Morgan fingerprint density at radius 3 is 1.97 bits per heavy atom. The summed E-state index contributed by atoms with van der Waals surface area (Å²) in [6.07, 6.45) is 1.91. The van der Waals surface area contributed by atoms with E-state index in [1.165, 1.54) is 16.7 Å². The van der Waals surface area contributed by atoms with Crippen LogP contribution in [0.1, 0.15) is 79.0 Å². The van der Waals surface area contributed by atoms with Gasteiger partial charge in [-0.1, -0.05) is 135 Å². The van der Waals surface area contributed by atoms with Crippen molar-refractivity contribution in [1.29, 1.82) is 0 Å². The second kappa shape index (κ2) is 16.3. The number of anilines is 4. The first kappa shape index (κ1) is 44.2. The molecule has 0 fully saturated rings. The minimum Gasteiger partial charge on any atom is -0.509 e. The minimum absolute atomic E-state index is 0. The van der Waals surface area contributed by atoms with Crippen LogP contribution >= 0.6 is 0 Å². The van der Waals surface area contributed by atoms with E-state index in [9.17, 15) is 0 Å². The molecular formula is C60H53N4O2Pt-3. The molecule has 3 aromatic heterocycles. The van der Waals surface area contributed by atoms with Gasteiger partial charge >= 0.3 is 0 Å². The van der Waals surface area contributed by atoms with Crippen LogP contribution < -0.4 is 14.5 Å². The number of benzene rings is 7. The second-order valence-corrected chi connectivity index (χ2v) is 20.7. The summed E-state index contributed by atoms with van der Waals surface area (Å²) in [5.41, 5.74) is 13.7. The topological polar surface area (TPSA) is 46.7 Å². The molecule has 0 unspecified atom stereocenters. The number of hydrogen-bond donors (Lipinski definition) is 0. The van der Waals surface area contributed by atoms with Crippen LogP contribution in [-0.4, -0.2) is 9.55 Å². The third-order valence-corrected chi connectivity index (χ3v) is 13.0. The summed E-state index contributed by atoms with van der Waals surface area (Å²) in [6, 6.07) is 58.7. The van der Waals surface area contributed by atoms with Gasteiger partial charge in [-0.3, -0.25) is 0 Å². The van der Waals surface area contributed by atoms with E-state index in [1.54, 1.807) is 0 Å². The SMILES string of the molecule is CC(C)(C)c1cc(N2[CH-]N(c3[c-]c(Oc4[c-]c5c(cc4)c4cc(-c6cccc7c6oc6ccccc67)ccc4n5-c4cc(C(C)(C)C)ccn4)ccc3)c3ccccc32)cc(C(C)(C)C)c1.[Pt]. The van der Waals surface area contributed by atoms with Crippen molar-refractivity contribution in [1.82, 2.24) is 9.55 Å². The van der Waals surface area contributed by atoms with Gasteiger partial charge in [-0.25, -0.2) is 4.98 Å². The van der Waals surface area contributed by atoms with Gasteiger partial charge in [0.2, 0.25) is 0 Å². The number of pyridine rings is 1. The predicted octanol–water partition coefficient (Wildman–Crippen LogP) is 16.4. The normalized spacial score (nSPS) is 13.2. The Balaban J connectivity index is 0.00000525. The molecule has 0 atom stereocenters. The van der Waals surface area contributed by atoms with E-state index in [0.29, 0.717) is 11.5 Å². The summed E-state index contributed by atoms with van der Waals surface area (Å²) in [7, 11) is 0. The molecule has 11 rings (SSSR count). The summed E-state index contributed by atoms with van der Waals surface area (Å²) in [6.45, 7) is 22.6. The van der Waals surface area contributed by atoms with E-state index >= 15 is 0 Å². The van der Waals surface area contributed by atoms with Crippen molar-refractivity contribution in [2.75, 3.05) is 9.80 Å². The number of fused-ring (bicyclic) bond motifs is 7. The molecule has 1 aliphatic rings. The van der Waals surface area contributed by atoms with Crippen LogP contribution in [0.5, 0.6) is 11.5 Å². The van der Waals surface area contributed by atoms with Crippen molar-refractivity contribution in [2.24, 2.45) is 0 Å². The maximum atomic E-state index is 6.72. The van der Waals surface area contributed by atoms with Crippen molar-refractivity contribution < 1.29 is 30.2 Å². The second-order valence-electron chi connectivity index (χ2n) is 20.7. The van der Waals surface area contributed by atoms with Crippen LogP contribution in [0.2, 0.25) is 0 Å². The van der Waals surface area contributed by atoms with Crippen LogP contribution in [0.4, 0.5) is 22.7 Å². The Labute approximate surface area is 408 Å². The number of hydrogen-bond acceptors (Lipinski definition) is 5. The van der Waals surface area contributed by atoms with Gasteiger partial charge in [-0.15, -0.1) is 48.1 Å². The molecule has 0 spiro atoms. The Morgan fingerprint density at radius 1 is 0.552 bits per heavy atom. The van der Waals surface area contributed by atoms with Crippen molar-refractivity contribution in [2.45, 2.75) is 78.6 Å².